The van der Waals surface area contributed by atoms with Gasteiger partial charge in [-0.15, -0.1) is 12.4 Å². The number of guanidine groups is 1. The zero-order chi connectivity index (χ0) is 17.0. The molecule has 0 unspecified atom stereocenters. The molecule has 2 aliphatic heterocycles. The number of hydrogen-bond acceptors (Lipinski definition) is 5. The van der Waals surface area contributed by atoms with E-state index in [2.05, 4.69) is 21.7 Å². The van der Waals surface area contributed by atoms with Crippen molar-refractivity contribution >= 4 is 24.2 Å². The van der Waals surface area contributed by atoms with Crippen LogP contribution in [0.2, 0.25) is 0 Å². The summed E-state index contributed by atoms with van der Waals surface area (Å²) in [6.07, 6.45) is 13.6. The second-order valence-electron chi connectivity index (χ2n) is 7.09. The van der Waals surface area contributed by atoms with E-state index in [-0.39, 0.29) is 12.4 Å². The van der Waals surface area contributed by atoms with Crippen molar-refractivity contribution in [2.45, 2.75) is 71.1 Å². The number of unbranched alkanes of at least 4 members (excludes halogenated alkanes) is 8. The normalized spacial score (nSPS) is 16.8. The summed E-state index contributed by atoms with van der Waals surface area (Å²) >= 11 is 0. The third-order valence-electron chi connectivity index (χ3n) is 5.14. The minimum atomic E-state index is 0. The van der Waals surface area contributed by atoms with Gasteiger partial charge >= 0.3 is 0 Å². The van der Waals surface area contributed by atoms with Crippen molar-refractivity contribution in [3.8, 4) is 0 Å². The first-order valence-electron chi connectivity index (χ1n) is 10.1. The van der Waals surface area contributed by atoms with Crippen LogP contribution in [0.15, 0.2) is 9.98 Å². The van der Waals surface area contributed by atoms with E-state index in [1.54, 1.807) is 0 Å². The maximum Gasteiger partial charge on any atom is 0.191 e. The second kappa shape index (κ2) is 13.3. The fraction of sp³-hybridized carbons (Fsp3) is 0.895. The van der Waals surface area contributed by atoms with Gasteiger partial charge in [-0.2, -0.15) is 0 Å². The predicted molar refractivity (Wildman–Crippen MR) is 111 cm³/mol. The highest BCUT2D eigenvalue weighted by atomic mass is 35.5. The van der Waals surface area contributed by atoms with Crippen LogP contribution in [0.4, 0.5) is 0 Å². The Morgan fingerprint density at radius 3 is 2.00 bits per heavy atom. The molecule has 0 amide bonds. The van der Waals surface area contributed by atoms with Crippen molar-refractivity contribution in [3.05, 3.63) is 0 Å². The van der Waals surface area contributed by atoms with Crippen molar-refractivity contribution in [2.24, 2.45) is 15.7 Å². The fourth-order valence-corrected chi connectivity index (χ4v) is 3.57. The summed E-state index contributed by atoms with van der Waals surface area (Å²) in [6, 6.07) is 0. The van der Waals surface area contributed by atoms with Gasteiger partial charge in [0.25, 0.3) is 0 Å². The van der Waals surface area contributed by atoms with Crippen LogP contribution in [-0.2, 0) is 0 Å². The van der Waals surface area contributed by atoms with Crippen LogP contribution in [0.5, 0.6) is 0 Å². The van der Waals surface area contributed by atoms with Crippen LogP contribution >= 0.6 is 12.4 Å². The molecule has 6 heteroatoms. The SMILES string of the molecule is CCCCCCCCCCCC1=NCCN1CCN1CCN=C1N.Cl. The highest BCUT2D eigenvalue weighted by molar-refractivity contribution is 5.85. The number of nitrogens with two attached hydrogens (primary N) is 1. The second-order valence-corrected chi connectivity index (χ2v) is 7.09. The van der Waals surface area contributed by atoms with Crippen LogP contribution in [0.3, 0.4) is 0 Å². The molecule has 0 radical (unpaired) electrons. The number of halogens is 1. The van der Waals surface area contributed by atoms with E-state index in [1.807, 2.05) is 0 Å². The number of aliphatic imine (C=N–C) groups is 2. The third-order valence-corrected chi connectivity index (χ3v) is 5.14. The first-order chi connectivity index (χ1) is 11.8. The standard InChI is InChI=1S/C19H37N5.ClH/c1-2-3-4-5-6-7-8-9-10-11-18-21-12-14-23(18)16-17-24-15-13-22-19(24)20;/h2-17H2,1H3,(H2,20,22);1H. The van der Waals surface area contributed by atoms with Crippen molar-refractivity contribution in [2.75, 3.05) is 39.3 Å². The van der Waals surface area contributed by atoms with Crippen LogP contribution in [0, 0.1) is 0 Å². The van der Waals surface area contributed by atoms with Gasteiger partial charge in [-0.05, 0) is 6.42 Å². The summed E-state index contributed by atoms with van der Waals surface area (Å²) in [5, 5.41) is 0. The smallest absolute Gasteiger partial charge is 0.191 e. The van der Waals surface area contributed by atoms with Crippen LogP contribution in [0.1, 0.15) is 71.1 Å². The van der Waals surface area contributed by atoms with Gasteiger partial charge < -0.3 is 15.5 Å². The molecule has 2 rings (SSSR count). The van der Waals surface area contributed by atoms with Crippen molar-refractivity contribution in [3.63, 3.8) is 0 Å². The lowest BCUT2D eigenvalue weighted by molar-refractivity contribution is 0.364. The van der Waals surface area contributed by atoms with E-state index in [0.717, 1.165) is 45.7 Å². The Hall–Kier alpha value is -0.970. The molecule has 0 spiro atoms. The molecular weight excluding hydrogens is 334 g/mol. The molecule has 0 atom stereocenters. The molecular formula is C19H38ClN5. The molecule has 0 saturated heterocycles. The first-order valence-corrected chi connectivity index (χ1v) is 10.1. The third kappa shape index (κ3) is 8.30. The summed E-state index contributed by atoms with van der Waals surface area (Å²) in [5.74, 6) is 2.04. The Morgan fingerprint density at radius 2 is 1.36 bits per heavy atom. The molecule has 2 heterocycles. The van der Waals surface area contributed by atoms with E-state index < -0.39 is 0 Å². The van der Waals surface area contributed by atoms with E-state index >= 15 is 0 Å². The summed E-state index contributed by atoms with van der Waals surface area (Å²) in [7, 11) is 0. The summed E-state index contributed by atoms with van der Waals surface area (Å²) in [4.78, 5) is 13.6. The van der Waals surface area contributed by atoms with Gasteiger partial charge in [0.15, 0.2) is 5.96 Å². The van der Waals surface area contributed by atoms with E-state index in [9.17, 15) is 0 Å². The maximum atomic E-state index is 5.89. The minimum Gasteiger partial charge on any atom is -0.370 e. The van der Waals surface area contributed by atoms with Gasteiger partial charge in [0.05, 0.1) is 18.9 Å². The van der Waals surface area contributed by atoms with Crippen molar-refractivity contribution < 1.29 is 0 Å². The molecule has 25 heavy (non-hydrogen) atoms. The van der Waals surface area contributed by atoms with Gasteiger partial charge in [-0.1, -0.05) is 58.3 Å². The quantitative estimate of drug-likeness (QED) is 0.502. The van der Waals surface area contributed by atoms with Crippen molar-refractivity contribution in [1.29, 1.82) is 0 Å². The molecule has 0 fully saturated rings. The Morgan fingerprint density at radius 1 is 0.800 bits per heavy atom. The molecule has 0 aliphatic carbocycles. The average Bonchev–Trinajstić information content (AvgIpc) is 3.20. The van der Waals surface area contributed by atoms with Gasteiger partial charge in [0.1, 0.15) is 0 Å². The lowest BCUT2D eigenvalue weighted by Gasteiger charge is -2.24. The molecule has 146 valence electrons. The van der Waals surface area contributed by atoms with Gasteiger partial charge in [0.2, 0.25) is 0 Å². The molecule has 2 N–H and O–H groups in total. The van der Waals surface area contributed by atoms with Crippen LogP contribution in [0.25, 0.3) is 0 Å². The predicted octanol–water partition coefficient (Wildman–Crippen LogP) is 3.67. The Kier molecular flexibility index (Phi) is 11.7. The minimum absolute atomic E-state index is 0. The molecule has 0 aromatic carbocycles. The van der Waals surface area contributed by atoms with Crippen molar-refractivity contribution in [1.82, 2.24) is 9.80 Å². The molecule has 5 nitrogen and oxygen atoms in total. The summed E-state index contributed by atoms with van der Waals surface area (Å²) in [6.45, 7) is 8.17. The van der Waals surface area contributed by atoms with Gasteiger partial charge in [0, 0.05) is 32.6 Å². The van der Waals surface area contributed by atoms with E-state index in [4.69, 9.17) is 10.7 Å². The molecule has 2 aliphatic rings. The monoisotopic (exact) mass is 371 g/mol. The van der Waals surface area contributed by atoms with Crippen LogP contribution in [-0.4, -0.2) is 60.9 Å². The fourth-order valence-electron chi connectivity index (χ4n) is 3.57. The Bertz CT molecular complexity index is 411. The lowest BCUT2D eigenvalue weighted by Crippen LogP contribution is -2.41. The van der Waals surface area contributed by atoms with Gasteiger partial charge in [-0.3, -0.25) is 9.98 Å². The zero-order valence-corrected chi connectivity index (χ0v) is 16.9. The van der Waals surface area contributed by atoms with E-state index in [1.165, 1.54) is 63.6 Å². The number of rotatable bonds is 13. The molecule has 0 bridgehead atoms. The maximum absolute atomic E-state index is 5.89. The summed E-state index contributed by atoms with van der Waals surface area (Å²) in [5.41, 5.74) is 5.89. The largest absolute Gasteiger partial charge is 0.370 e. The van der Waals surface area contributed by atoms with Gasteiger partial charge in [-0.25, -0.2) is 0 Å². The summed E-state index contributed by atoms with van der Waals surface area (Å²) < 4.78 is 0. The highest BCUT2D eigenvalue weighted by Gasteiger charge is 2.19. The number of hydrogen-bond donors (Lipinski definition) is 1. The highest BCUT2D eigenvalue weighted by Crippen LogP contribution is 2.13. The lowest BCUT2D eigenvalue weighted by atomic mass is 10.1. The Balaban J connectivity index is 0.00000312. The Labute approximate surface area is 160 Å². The molecule has 0 aromatic heterocycles. The number of amidine groups is 1. The van der Waals surface area contributed by atoms with E-state index in [0.29, 0.717) is 5.96 Å². The average molecular weight is 372 g/mol. The van der Waals surface area contributed by atoms with Crippen LogP contribution < -0.4 is 5.73 Å². The molecule has 0 aromatic rings. The molecule has 0 saturated carbocycles. The number of nitrogens with zero attached hydrogens (tertiary/aromatic N) is 4. The topological polar surface area (TPSA) is 57.2 Å². The first kappa shape index (κ1) is 22.1. The zero-order valence-electron chi connectivity index (χ0n) is 16.1.